The second-order valence-corrected chi connectivity index (χ2v) is 8.96. The summed E-state index contributed by atoms with van der Waals surface area (Å²) in [4.78, 5) is 30.3. The van der Waals surface area contributed by atoms with Crippen LogP contribution < -0.4 is 5.32 Å². The largest absolute Gasteiger partial charge is 0.457 e. The van der Waals surface area contributed by atoms with Crippen LogP contribution in [-0.4, -0.2) is 35.1 Å². The first kappa shape index (κ1) is 24.3. The molecule has 1 aliphatic rings. The maximum absolute atomic E-state index is 12.9. The van der Waals surface area contributed by atoms with E-state index in [1.54, 1.807) is 6.08 Å². The lowest BCUT2D eigenvalue weighted by atomic mass is 10.0. The van der Waals surface area contributed by atoms with E-state index in [1.165, 1.54) is 17.8 Å². The molecule has 1 atom stereocenters. The lowest BCUT2D eigenvalue weighted by molar-refractivity contribution is -0.137. The Hall–Kier alpha value is -3.37. The number of fused-ring (bicyclic) bond motifs is 1. The number of anilines is 1. The molecule has 1 unspecified atom stereocenters. The van der Waals surface area contributed by atoms with Crippen LogP contribution in [-0.2, 0) is 14.3 Å². The topological polar surface area (TPSA) is 92.1 Å². The fraction of sp³-hybridized carbons (Fsp3) is 0.308. The van der Waals surface area contributed by atoms with Crippen molar-refractivity contribution < 1.29 is 14.3 Å². The van der Waals surface area contributed by atoms with E-state index < -0.39 is 5.97 Å². The van der Waals surface area contributed by atoms with Gasteiger partial charge in [-0.05, 0) is 50.1 Å². The Morgan fingerprint density at radius 2 is 2.21 bits per heavy atom. The second kappa shape index (κ2) is 11.5. The summed E-state index contributed by atoms with van der Waals surface area (Å²) in [6.07, 6.45) is 4.79. The average molecular weight is 462 g/mol. The Bertz CT molecular complexity index is 1180. The van der Waals surface area contributed by atoms with E-state index in [0.29, 0.717) is 30.7 Å². The molecule has 2 aromatic rings. The third-order valence-electron chi connectivity index (χ3n) is 5.28. The number of Topliss-reactive ketones (excluding diaryl/α,β-unsaturated/α-hetero) is 1. The number of carbonyl (C=O) groups excluding carboxylic acids is 2. The van der Waals surface area contributed by atoms with E-state index in [2.05, 4.69) is 16.9 Å². The van der Waals surface area contributed by atoms with Crippen LogP contribution in [0.4, 0.5) is 5.69 Å². The first-order valence-corrected chi connectivity index (χ1v) is 11.8. The Kier molecular flexibility index (Phi) is 8.45. The van der Waals surface area contributed by atoms with Crippen LogP contribution in [0.3, 0.4) is 0 Å². The van der Waals surface area contributed by atoms with Crippen molar-refractivity contribution in [1.29, 1.82) is 5.26 Å². The van der Waals surface area contributed by atoms with Gasteiger partial charge in [0.05, 0.1) is 10.8 Å². The molecule has 0 amide bonds. The number of nitrogens with one attached hydrogen (secondary N) is 1. The van der Waals surface area contributed by atoms with Gasteiger partial charge >= 0.3 is 5.97 Å². The minimum absolute atomic E-state index is 0.0272. The van der Waals surface area contributed by atoms with Gasteiger partial charge < -0.3 is 10.1 Å². The average Bonchev–Trinajstić information content (AvgIpc) is 2.96. The molecule has 33 heavy (non-hydrogen) atoms. The highest BCUT2D eigenvalue weighted by Crippen LogP contribution is 2.35. The molecular weight excluding hydrogens is 434 g/mol. The Morgan fingerprint density at radius 3 is 2.94 bits per heavy atom. The van der Waals surface area contributed by atoms with Crippen molar-refractivity contribution in [2.24, 2.45) is 0 Å². The number of esters is 1. The number of nitriles is 1. The van der Waals surface area contributed by atoms with Crippen LogP contribution in [0.5, 0.6) is 0 Å². The Morgan fingerprint density at radius 1 is 1.39 bits per heavy atom. The van der Waals surface area contributed by atoms with Gasteiger partial charge in [0.1, 0.15) is 18.5 Å². The molecule has 0 radical (unpaired) electrons. The van der Waals surface area contributed by atoms with Gasteiger partial charge in [-0.15, -0.1) is 11.8 Å². The molecule has 0 fully saturated rings. The summed E-state index contributed by atoms with van der Waals surface area (Å²) < 4.78 is 5.07. The number of aryl methyl sites for hydroxylation is 1. The molecule has 0 saturated heterocycles. The van der Waals surface area contributed by atoms with E-state index in [1.807, 2.05) is 50.2 Å². The fourth-order valence-electron chi connectivity index (χ4n) is 3.50. The number of benzene rings is 1. The highest BCUT2D eigenvalue weighted by Gasteiger charge is 2.27. The zero-order valence-electron chi connectivity index (χ0n) is 18.9. The molecular formula is C26H27N3O3S. The molecule has 3 rings (SSSR count). The first-order valence-electron chi connectivity index (χ1n) is 10.9. The van der Waals surface area contributed by atoms with Crippen LogP contribution in [0.25, 0.3) is 10.9 Å². The standard InChI is InChI=1S/C26H27N3O3S/c1-4-12-32-26(31)21(16-27)25-14-18(5-2)13-23(30)24(33-25)10-11-28-20-8-9-22-19(15-20)7-6-17(3)29-22/h4,6-9,14-15,24,28H,1,5,10-13H2,2-3H3/b25-21-. The van der Waals surface area contributed by atoms with Gasteiger partial charge in [0, 0.05) is 34.6 Å². The summed E-state index contributed by atoms with van der Waals surface area (Å²) in [5, 5.41) is 13.7. The minimum Gasteiger partial charge on any atom is -0.457 e. The number of ketones is 1. The quantitative estimate of drug-likeness (QED) is 0.248. The normalized spacial score (nSPS) is 17.5. The number of hydrogen-bond acceptors (Lipinski definition) is 7. The number of pyridine rings is 1. The number of ether oxygens (including phenoxy) is 1. The van der Waals surface area contributed by atoms with Crippen molar-refractivity contribution in [3.63, 3.8) is 0 Å². The van der Waals surface area contributed by atoms with Crippen LogP contribution >= 0.6 is 11.8 Å². The molecule has 0 bridgehead atoms. The molecule has 7 heteroatoms. The zero-order chi connectivity index (χ0) is 23.8. The highest BCUT2D eigenvalue weighted by atomic mass is 32.2. The smallest absolute Gasteiger partial charge is 0.350 e. The van der Waals surface area contributed by atoms with E-state index in [4.69, 9.17) is 4.74 Å². The number of carbonyl (C=O) groups is 2. The molecule has 170 valence electrons. The summed E-state index contributed by atoms with van der Waals surface area (Å²) >= 11 is 1.27. The minimum atomic E-state index is -0.696. The van der Waals surface area contributed by atoms with Crippen LogP contribution in [0.15, 0.2) is 65.1 Å². The molecule has 2 heterocycles. The summed E-state index contributed by atoms with van der Waals surface area (Å²) in [6.45, 7) is 8.05. The van der Waals surface area contributed by atoms with Crippen molar-refractivity contribution >= 4 is 40.1 Å². The predicted molar refractivity (Wildman–Crippen MR) is 133 cm³/mol. The zero-order valence-corrected chi connectivity index (χ0v) is 19.7. The summed E-state index contributed by atoms with van der Waals surface area (Å²) in [5.74, 6) is -0.599. The van der Waals surface area contributed by atoms with Crippen LogP contribution in [0, 0.1) is 18.3 Å². The van der Waals surface area contributed by atoms with Gasteiger partial charge in [-0.3, -0.25) is 9.78 Å². The molecule has 0 spiro atoms. The fourth-order valence-corrected chi connectivity index (χ4v) is 4.74. The molecule has 1 N–H and O–H groups in total. The van der Waals surface area contributed by atoms with Gasteiger partial charge in [0.15, 0.2) is 5.57 Å². The molecule has 6 nitrogen and oxygen atoms in total. The van der Waals surface area contributed by atoms with E-state index in [0.717, 1.165) is 27.9 Å². The van der Waals surface area contributed by atoms with Gasteiger partial charge in [0.2, 0.25) is 0 Å². The molecule has 1 aromatic carbocycles. The molecule has 1 aromatic heterocycles. The van der Waals surface area contributed by atoms with E-state index in [-0.39, 0.29) is 23.2 Å². The van der Waals surface area contributed by atoms with Crippen LogP contribution in [0.2, 0.25) is 0 Å². The number of hydrogen-bond donors (Lipinski definition) is 1. The highest BCUT2D eigenvalue weighted by molar-refractivity contribution is 8.04. The Balaban J connectivity index is 1.74. The maximum Gasteiger partial charge on any atom is 0.350 e. The van der Waals surface area contributed by atoms with Gasteiger partial charge in [-0.2, -0.15) is 5.26 Å². The predicted octanol–water partition coefficient (Wildman–Crippen LogP) is 5.26. The number of rotatable bonds is 8. The number of nitrogens with zero attached hydrogens (tertiary/aromatic N) is 2. The third-order valence-corrected chi connectivity index (χ3v) is 6.64. The van der Waals surface area contributed by atoms with Crippen molar-refractivity contribution in [2.45, 2.75) is 38.4 Å². The van der Waals surface area contributed by atoms with Gasteiger partial charge in [-0.1, -0.05) is 31.2 Å². The van der Waals surface area contributed by atoms with Crippen molar-refractivity contribution in [1.82, 2.24) is 4.98 Å². The summed E-state index contributed by atoms with van der Waals surface area (Å²) in [5.41, 5.74) is 3.70. The van der Waals surface area contributed by atoms with Crippen LogP contribution in [0.1, 0.15) is 31.9 Å². The van der Waals surface area contributed by atoms with Crippen molar-refractivity contribution in [3.8, 4) is 6.07 Å². The first-order chi connectivity index (χ1) is 15.9. The van der Waals surface area contributed by atoms with E-state index >= 15 is 0 Å². The van der Waals surface area contributed by atoms with E-state index in [9.17, 15) is 14.9 Å². The Labute approximate surface area is 198 Å². The second-order valence-electron chi connectivity index (χ2n) is 7.72. The lowest BCUT2D eigenvalue weighted by Gasteiger charge is -2.15. The summed E-state index contributed by atoms with van der Waals surface area (Å²) in [6, 6.07) is 12.0. The van der Waals surface area contributed by atoms with Crippen molar-refractivity contribution in [2.75, 3.05) is 18.5 Å². The number of aromatic nitrogens is 1. The SMILES string of the molecule is C=CCOC(=O)/C(C#N)=C1/C=C(CC)CC(=O)C(CCNc2ccc3nc(C)ccc3c2)S1. The third kappa shape index (κ3) is 6.33. The molecule has 0 saturated carbocycles. The molecule has 1 aliphatic heterocycles. The van der Waals surface area contributed by atoms with Crippen molar-refractivity contribution in [3.05, 3.63) is 70.8 Å². The monoisotopic (exact) mass is 461 g/mol. The lowest BCUT2D eigenvalue weighted by Crippen LogP contribution is -2.20. The maximum atomic E-state index is 12.9. The number of thioether (sulfide) groups is 1. The number of allylic oxidation sites excluding steroid dienone is 2. The van der Waals surface area contributed by atoms with Gasteiger partial charge in [0.25, 0.3) is 0 Å². The summed E-state index contributed by atoms with van der Waals surface area (Å²) in [7, 11) is 0. The van der Waals surface area contributed by atoms with Gasteiger partial charge in [-0.25, -0.2) is 4.79 Å². The molecule has 0 aliphatic carbocycles.